The van der Waals surface area contributed by atoms with E-state index in [1.54, 1.807) is 16.3 Å². The first-order chi connectivity index (χ1) is 15.3. The third-order valence-corrected chi connectivity index (χ3v) is 8.99. The molecule has 2 amide bonds. The zero-order chi connectivity index (χ0) is 22.7. The molecular formula is C21H26N4O5S2. The minimum atomic E-state index is -3.71. The van der Waals surface area contributed by atoms with Crippen molar-refractivity contribution in [2.75, 3.05) is 44.7 Å². The number of hydrogen-bond donors (Lipinski definition) is 1. The predicted octanol–water partition coefficient (Wildman–Crippen LogP) is 1.96. The third kappa shape index (κ3) is 5.01. The Labute approximate surface area is 191 Å². The van der Waals surface area contributed by atoms with Gasteiger partial charge in [-0.1, -0.05) is 6.07 Å². The highest BCUT2D eigenvalue weighted by Crippen LogP contribution is 2.29. The number of hydrogen-bond acceptors (Lipinski definition) is 7. The highest BCUT2D eigenvalue weighted by Gasteiger charge is 2.33. The molecule has 0 atom stereocenters. The molecule has 4 rings (SSSR count). The standard InChI is InChI=1S/C21H26N4O5S2/c1-15-3-2-4-18(22-15)23-20(26)16-5-7-25(8-6-16)32(28,29)19-13-17(14-31-19)21(27)24-9-11-30-12-10-24/h2-4,13-14,16H,5-12H2,1H3,(H,22,23,26). The normalized spacial score (nSPS) is 18.5. The number of thiophene rings is 1. The van der Waals surface area contributed by atoms with Crippen LogP contribution in [0, 0.1) is 12.8 Å². The molecule has 11 heteroatoms. The van der Waals surface area contributed by atoms with Crippen molar-refractivity contribution < 1.29 is 22.7 Å². The van der Waals surface area contributed by atoms with Gasteiger partial charge < -0.3 is 15.0 Å². The van der Waals surface area contributed by atoms with Gasteiger partial charge in [-0.15, -0.1) is 11.3 Å². The van der Waals surface area contributed by atoms with Crippen LogP contribution >= 0.6 is 11.3 Å². The average molecular weight is 479 g/mol. The average Bonchev–Trinajstić information content (AvgIpc) is 3.30. The molecule has 2 aliphatic heterocycles. The molecule has 32 heavy (non-hydrogen) atoms. The zero-order valence-electron chi connectivity index (χ0n) is 17.8. The van der Waals surface area contributed by atoms with Crippen LogP contribution in [0.1, 0.15) is 28.9 Å². The van der Waals surface area contributed by atoms with E-state index in [1.807, 2.05) is 19.1 Å². The molecule has 172 valence electrons. The molecule has 0 aromatic carbocycles. The van der Waals surface area contributed by atoms with Gasteiger partial charge in [-0.05, 0) is 38.0 Å². The summed E-state index contributed by atoms with van der Waals surface area (Å²) in [7, 11) is -3.71. The van der Waals surface area contributed by atoms with Crippen LogP contribution in [-0.2, 0) is 19.6 Å². The fraction of sp³-hybridized carbons (Fsp3) is 0.476. The molecule has 0 spiro atoms. The monoisotopic (exact) mass is 478 g/mol. The lowest BCUT2D eigenvalue weighted by atomic mass is 9.97. The highest BCUT2D eigenvalue weighted by atomic mass is 32.2. The van der Waals surface area contributed by atoms with Crippen LogP contribution in [0.25, 0.3) is 0 Å². The molecule has 0 saturated carbocycles. The zero-order valence-corrected chi connectivity index (χ0v) is 19.5. The summed E-state index contributed by atoms with van der Waals surface area (Å²) in [5, 5.41) is 4.41. The third-order valence-electron chi connectivity index (χ3n) is 5.68. The first-order valence-electron chi connectivity index (χ1n) is 10.5. The van der Waals surface area contributed by atoms with Crippen molar-refractivity contribution in [3.8, 4) is 0 Å². The van der Waals surface area contributed by atoms with Crippen molar-refractivity contribution in [3.05, 3.63) is 40.9 Å². The lowest BCUT2D eigenvalue weighted by molar-refractivity contribution is -0.120. The summed E-state index contributed by atoms with van der Waals surface area (Å²) >= 11 is 1.06. The molecule has 4 heterocycles. The van der Waals surface area contributed by atoms with Crippen LogP contribution in [-0.4, -0.2) is 73.8 Å². The predicted molar refractivity (Wildman–Crippen MR) is 120 cm³/mol. The first kappa shape index (κ1) is 22.8. The largest absolute Gasteiger partial charge is 0.378 e. The van der Waals surface area contributed by atoms with Gasteiger partial charge in [0, 0.05) is 43.2 Å². The number of carbonyl (C=O) groups is 2. The summed E-state index contributed by atoms with van der Waals surface area (Å²) in [6.07, 6.45) is 0.865. The lowest BCUT2D eigenvalue weighted by Crippen LogP contribution is -2.41. The van der Waals surface area contributed by atoms with Crippen molar-refractivity contribution in [1.82, 2.24) is 14.2 Å². The Morgan fingerprint density at radius 1 is 1.16 bits per heavy atom. The van der Waals surface area contributed by atoms with Gasteiger partial charge in [0.05, 0.1) is 18.8 Å². The quantitative estimate of drug-likeness (QED) is 0.704. The molecule has 0 bridgehead atoms. The molecule has 0 radical (unpaired) electrons. The SMILES string of the molecule is Cc1cccc(NC(=O)C2CCN(S(=O)(=O)c3cc(C(=O)N4CCOCC4)cs3)CC2)n1. The number of sulfonamides is 1. The van der Waals surface area contributed by atoms with Crippen molar-refractivity contribution in [2.24, 2.45) is 5.92 Å². The number of aromatic nitrogens is 1. The number of rotatable bonds is 5. The van der Waals surface area contributed by atoms with Gasteiger partial charge in [0.25, 0.3) is 15.9 Å². The topological polar surface area (TPSA) is 109 Å². The Bertz CT molecular complexity index is 1090. The van der Waals surface area contributed by atoms with Crippen molar-refractivity contribution in [1.29, 1.82) is 0 Å². The van der Waals surface area contributed by atoms with Crippen LogP contribution in [0.2, 0.25) is 0 Å². The molecular weight excluding hydrogens is 452 g/mol. The number of pyridine rings is 1. The van der Waals surface area contributed by atoms with E-state index in [2.05, 4.69) is 10.3 Å². The van der Waals surface area contributed by atoms with Crippen LogP contribution < -0.4 is 5.32 Å². The van der Waals surface area contributed by atoms with E-state index in [9.17, 15) is 18.0 Å². The van der Waals surface area contributed by atoms with E-state index in [0.717, 1.165) is 17.0 Å². The minimum Gasteiger partial charge on any atom is -0.378 e. The van der Waals surface area contributed by atoms with Gasteiger partial charge in [0.2, 0.25) is 5.91 Å². The molecule has 1 N–H and O–H groups in total. The van der Waals surface area contributed by atoms with E-state index in [-0.39, 0.29) is 35.0 Å². The molecule has 0 unspecified atom stereocenters. The number of aryl methyl sites for hydroxylation is 1. The maximum atomic E-state index is 13.1. The second-order valence-electron chi connectivity index (χ2n) is 7.89. The number of ether oxygens (including phenoxy) is 1. The number of carbonyl (C=O) groups excluding carboxylic acids is 2. The number of piperidine rings is 1. The second-order valence-corrected chi connectivity index (χ2v) is 11.0. The Hall–Kier alpha value is -2.34. The van der Waals surface area contributed by atoms with Crippen LogP contribution in [0.3, 0.4) is 0 Å². The number of amides is 2. The second kappa shape index (κ2) is 9.65. The molecule has 9 nitrogen and oxygen atoms in total. The van der Waals surface area contributed by atoms with Crippen molar-refractivity contribution >= 4 is 39.0 Å². The van der Waals surface area contributed by atoms with Crippen molar-refractivity contribution in [2.45, 2.75) is 24.0 Å². The Morgan fingerprint density at radius 2 is 1.88 bits per heavy atom. The fourth-order valence-electron chi connectivity index (χ4n) is 3.84. The minimum absolute atomic E-state index is 0.144. The number of anilines is 1. The van der Waals surface area contributed by atoms with Gasteiger partial charge in [0.15, 0.2) is 0 Å². The van der Waals surface area contributed by atoms with Gasteiger partial charge >= 0.3 is 0 Å². The maximum absolute atomic E-state index is 13.1. The summed E-state index contributed by atoms with van der Waals surface area (Å²) in [6, 6.07) is 6.87. The smallest absolute Gasteiger partial charge is 0.254 e. The molecule has 0 aliphatic carbocycles. The summed E-state index contributed by atoms with van der Waals surface area (Å²) in [6.45, 7) is 4.35. The first-order valence-corrected chi connectivity index (χ1v) is 12.9. The summed E-state index contributed by atoms with van der Waals surface area (Å²) < 4.78 is 33.0. The molecule has 2 saturated heterocycles. The molecule has 2 aromatic rings. The van der Waals surface area contributed by atoms with Gasteiger partial charge in [0.1, 0.15) is 10.0 Å². The van der Waals surface area contributed by atoms with Crippen LogP contribution in [0.15, 0.2) is 33.9 Å². The Balaban J connectivity index is 1.36. The van der Waals surface area contributed by atoms with Gasteiger partial charge in [-0.3, -0.25) is 9.59 Å². The summed E-state index contributed by atoms with van der Waals surface area (Å²) in [4.78, 5) is 31.1. The van der Waals surface area contributed by atoms with Crippen LogP contribution in [0.5, 0.6) is 0 Å². The van der Waals surface area contributed by atoms with E-state index in [4.69, 9.17) is 4.74 Å². The summed E-state index contributed by atoms with van der Waals surface area (Å²) in [5.41, 5.74) is 1.20. The molecule has 2 aliphatic rings. The van der Waals surface area contributed by atoms with E-state index < -0.39 is 10.0 Å². The van der Waals surface area contributed by atoms with Crippen molar-refractivity contribution in [3.63, 3.8) is 0 Å². The lowest BCUT2D eigenvalue weighted by Gasteiger charge is -2.30. The number of nitrogens with zero attached hydrogens (tertiary/aromatic N) is 3. The number of nitrogens with one attached hydrogen (secondary N) is 1. The van der Waals surface area contributed by atoms with Gasteiger partial charge in [-0.2, -0.15) is 4.31 Å². The highest BCUT2D eigenvalue weighted by molar-refractivity contribution is 7.91. The maximum Gasteiger partial charge on any atom is 0.254 e. The van der Waals surface area contributed by atoms with E-state index in [1.165, 1.54) is 10.4 Å². The Kier molecular flexibility index (Phi) is 6.89. The number of morpholine rings is 1. The Morgan fingerprint density at radius 3 is 2.56 bits per heavy atom. The van der Waals surface area contributed by atoms with E-state index >= 15 is 0 Å². The fourth-order valence-corrected chi connectivity index (χ4v) is 6.62. The van der Waals surface area contributed by atoms with Gasteiger partial charge in [-0.25, -0.2) is 13.4 Å². The van der Waals surface area contributed by atoms with Crippen LogP contribution in [0.4, 0.5) is 5.82 Å². The molecule has 2 fully saturated rings. The van der Waals surface area contributed by atoms with E-state index in [0.29, 0.717) is 50.5 Å². The molecule has 2 aromatic heterocycles. The summed E-state index contributed by atoms with van der Waals surface area (Å²) in [5.74, 6) is -0.0903.